The van der Waals surface area contributed by atoms with Gasteiger partial charge in [-0.3, -0.25) is 0 Å². The van der Waals surface area contributed by atoms with Crippen molar-refractivity contribution in [3.05, 3.63) is 28.8 Å². The number of hydrogen-bond acceptors (Lipinski definition) is 3. The van der Waals surface area contributed by atoms with E-state index in [4.69, 9.17) is 11.6 Å². The quantitative estimate of drug-likeness (QED) is 0.619. The zero-order valence-corrected chi connectivity index (χ0v) is 10.1. The van der Waals surface area contributed by atoms with Gasteiger partial charge in [0, 0.05) is 5.88 Å². The van der Waals surface area contributed by atoms with Gasteiger partial charge in [0.05, 0.1) is 7.11 Å². The molecule has 0 radical (unpaired) electrons. The second-order valence-corrected chi connectivity index (χ2v) is 3.55. The Labute approximate surface area is 102 Å². The summed E-state index contributed by atoms with van der Waals surface area (Å²) in [6.07, 6.45) is 0. The van der Waals surface area contributed by atoms with Crippen LogP contribution >= 0.6 is 11.6 Å². The molecule has 94 valence electrons. The van der Waals surface area contributed by atoms with Gasteiger partial charge in [-0.25, -0.2) is 4.79 Å². The Balaban J connectivity index is 3.25. The molecule has 1 rings (SSSR count). The summed E-state index contributed by atoms with van der Waals surface area (Å²) < 4.78 is 33.1. The summed E-state index contributed by atoms with van der Waals surface area (Å²) in [5, 5.41) is 0. The first-order valence-corrected chi connectivity index (χ1v) is 5.25. The van der Waals surface area contributed by atoms with Crippen LogP contribution in [0.25, 0.3) is 0 Å². The molecule has 0 bridgehead atoms. The zero-order chi connectivity index (χ0) is 13.0. The number of carbonyl (C=O) groups is 1. The van der Waals surface area contributed by atoms with Crippen molar-refractivity contribution in [2.75, 3.05) is 7.11 Å². The van der Waals surface area contributed by atoms with Crippen molar-refractivity contribution in [3.8, 4) is 5.75 Å². The Morgan fingerprint density at radius 3 is 2.59 bits per heavy atom. The van der Waals surface area contributed by atoms with E-state index < -0.39 is 12.6 Å². The van der Waals surface area contributed by atoms with Crippen LogP contribution in [0, 0.1) is 6.92 Å². The molecule has 0 atom stereocenters. The Hall–Kier alpha value is -1.36. The lowest BCUT2D eigenvalue weighted by molar-refractivity contribution is -0.0504. The van der Waals surface area contributed by atoms with Gasteiger partial charge in [-0.2, -0.15) is 8.78 Å². The van der Waals surface area contributed by atoms with Gasteiger partial charge in [0.25, 0.3) is 0 Å². The fourth-order valence-corrected chi connectivity index (χ4v) is 1.62. The first kappa shape index (κ1) is 13.7. The van der Waals surface area contributed by atoms with Crippen LogP contribution in [0.2, 0.25) is 0 Å². The summed E-state index contributed by atoms with van der Waals surface area (Å²) in [5.41, 5.74) is 1.27. The molecule has 1 aromatic carbocycles. The van der Waals surface area contributed by atoms with Crippen LogP contribution in [-0.2, 0) is 10.6 Å². The first-order chi connectivity index (χ1) is 7.99. The molecule has 0 spiro atoms. The molecule has 0 fully saturated rings. The number of alkyl halides is 3. The number of ether oxygens (including phenoxy) is 2. The van der Waals surface area contributed by atoms with Crippen LogP contribution in [0.15, 0.2) is 12.1 Å². The molecule has 0 N–H and O–H groups in total. The molecule has 0 aliphatic rings. The lowest BCUT2D eigenvalue weighted by Gasteiger charge is -2.12. The van der Waals surface area contributed by atoms with E-state index in [9.17, 15) is 13.6 Å². The van der Waals surface area contributed by atoms with E-state index in [1.807, 2.05) is 0 Å². The molecule has 0 aliphatic heterocycles. The van der Waals surface area contributed by atoms with Crippen LogP contribution in [0.4, 0.5) is 8.78 Å². The summed E-state index contributed by atoms with van der Waals surface area (Å²) in [6, 6.07) is 2.74. The van der Waals surface area contributed by atoms with Crippen molar-refractivity contribution in [1.29, 1.82) is 0 Å². The molecule has 1 aromatic rings. The van der Waals surface area contributed by atoms with Gasteiger partial charge in [0.15, 0.2) is 0 Å². The largest absolute Gasteiger partial charge is 0.465 e. The van der Waals surface area contributed by atoms with Crippen molar-refractivity contribution < 1.29 is 23.0 Å². The summed E-state index contributed by atoms with van der Waals surface area (Å²) in [7, 11) is 1.16. The third kappa shape index (κ3) is 3.30. The minimum atomic E-state index is -3.00. The maximum absolute atomic E-state index is 12.2. The standard InChI is InChI=1S/C11H11ClF2O3/c1-6-3-9(17-11(13)14)8(10(15)16-2)4-7(6)5-12/h3-4,11H,5H2,1-2H3. The van der Waals surface area contributed by atoms with Gasteiger partial charge in [0.2, 0.25) is 0 Å². The van der Waals surface area contributed by atoms with Crippen molar-refractivity contribution in [2.24, 2.45) is 0 Å². The number of halogens is 3. The van der Waals surface area contributed by atoms with Crippen molar-refractivity contribution in [3.63, 3.8) is 0 Å². The highest BCUT2D eigenvalue weighted by molar-refractivity contribution is 6.17. The molecule has 0 amide bonds. The van der Waals surface area contributed by atoms with Gasteiger partial charge in [0.1, 0.15) is 11.3 Å². The van der Waals surface area contributed by atoms with Crippen LogP contribution in [0.1, 0.15) is 21.5 Å². The molecular formula is C11H11ClF2O3. The molecule has 0 unspecified atom stereocenters. The van der Waals surface area contributed by atoms with Gasteiger partial charge in [-0.1, -0.05) is 0 Å². The second kappa shape index (κ2) is 5.82. The summed E-state index contributed by atoms with van der Waals surface area (Å²) in [5.74, 6) is -0.782. The van der Waals surface area contributed by atoms with Crippen LogP contribution in [-0.4, -0.2) is 19.7 Å². The Bertz CT molecular complexity index is 421. The molecule has 0 aliphatic carbocycles. The molecular weight excluding hydrogens is 254 g/mol. The Kier molecular flexibility index (Phi) is 4.69. The minimum absolute atomic E-state index is 0.0611. The van der Waals surface area contributed by atoms with Gasteiger partial charge in [-0.05, 0) is 30.2 Å². The van der Waals surface area contributed by atoms with Crippen molar-refractivity contribution in [2.45, 2.75) is 19.4 Å². The number of rotatable bonds is 4. The van der Waals surface area contributed by atoms with E-state index in [-0.39, 0.29) is 17.2 Å². The smallest absolute Gasteiger partial charge is 0.387 e. The second-order valence-electron chi connectivity index (χ2n) is 3.28. The normalized spacial score (nSPS) is 10.5. The lowest BCUT2D eigenvalue weighted by atomic mass is 10.1. The van der Waals surface area contributed by atoms with Gasteiger partial charge >= 0.3 is 12.6 Å². The first-order valence-electron chi connectivity index (χ1n) is 4.72. The number of benzene rings is 1. The summed E-state index contributed by atoms with van der Waals surface area (Å²) in [6.45, 7) is -1.31. The Morgan fingerprint density at radius 1 is 1.47 bits per heavy atom. The molecule has 0 saturated carbocycles. The van der Waals surface area contributed by atoms with E-state index in [2.05, 4.69) is 9.47 Å². The molecule has 6 heteroatoms. The highest BCUT2D eigenvalue weighted by Gasteiger charge is 2.18. The van der Waals surface area contributed by atoms with Crippen LogP contribution in [0.5, 0.6) is 5.75 Å². The van der Waals surface area contributed by atoms with Gasteiger partial charge in [-0.15, -0.1) is 11.6 Å². The van der Waals surface area contributed by atoms with Crippen molar-refractivity contribution in [1.82, 2.24) is 0 Å². The SMILES string of the molecule is COC(=O)c1cc(CCl)c(C)cc1OC(F)F. The Morgan fingerprint density at radius 2 is 2.12 bits per heavy atom. The number of methoxy groups -OCH3 is 1. The third-order valence-corrected chi connectivity index (χ3v) is 2.49. The highest BCUT2D eigenvalue weighted by atomic mass is 35.5. The molecule has 3 nitrogen and oxygen atoms in total. The monoisotopic (exact) mass is 264 g/mol. The fourth-order valence-electron chi connectivity index (χ4n) is 1.33. The zero-order valence-electron chi connectivity index (χ0n) is 9.30. The molecule has 0 saturated heterocycles. The maximum atomic E-state index is 12.2. The number of hydrogen-bond donors (Lipinski definition) is 0. The topological polar surface area (TPSA) is 35.5 Å². The van der Waals surface area contributed by atoms with Crippen LogP contribution < -0.4 is 4.74 Å². The highest BCUT2D eigenvalue weighted by Crippen LogP contribution is 2.26. The summed E-state index contributed by atoms with van der Waals surface area (Å²) in [4.78, 5) is 11.4. The maximum Gasteiger partial charge on any atom is 0.387 e. The van der Waals surface area contributed by atoms with E-state index in [1.165, 1.54) is 12.1 Å². The number of carbonyl (C=O) groups excluding carboxylic acids is 1. The van der Waals surface area contributed by atoms with Crippen molar-refractivity contribution >= 4 is 17.6 Å². The van der Waals surface area contributed by atoms with E-state index in [0.717, 1.165) is 7.11 Å². The predicted octanol–water partition coefficient (Wildman–Crippen LogP) is 3.12. The van der Waals surface area contributed by atoms with Gasteiger partial charge < -0.3 is 9.47 Å². The summed E-state index contributed by atoms with van der Waals surface area (Å²) >= 11 is 5.67. The average molecular weight is 265 g/mol. The predicted molar refractivity (Wildman–Crippen MR) is 58.7 cm³/mol. The van der Waals surface area contributed by atoms with Crippen LogP contribution in [0.3, 0.4) is 0 Å². The molecule has 0 heterocycles. The molecule has 17 heavy (non-hydrogen) atoms. The molecule has 0 aromatic heterocycles. The number of esters is 1. The van der Waals surface area contributed by atoms with E-state index in [1.54, 1.807) is 6.92 Å². The van der Waals surface area contributed by atoms with E-state index >= 15 is 0 Å². The number of aryl methyl sites for hydroxylation is 1. The minimum Gasteiger partial charge on any atom is -0.465 e. The lowest BCUT2D eigenvalue weighted by Crippen LogP contribution is -2.10. The van der Waals surface area contributed by atoms with E-state index in [0.29, 0.717) is 11.1 Å². The fraction of sp³-hybridized carbons (Fsp3) is 0.364. The average Bonchev–Trinajstić information content (AvgIpc) is 2.27. The third-order valence-electron chi connectivity index (χ3n) is 2.20.